The predicted molar refractivity (Wildman–Crippen MR) is 52.5 cm³/mol. The van der Waals surface area contributed by atoms with Crippen LogP contribution in [0.5, 0.6) is 0 Å². The second kappa shape index (κ2) is 3.75. The lowest BCUT2D eigenvalue weighted by Crippen LogP contribution is -2.25. The lowest BCUT2D eigenvalue weighted by molar-refractivity contribution is -0.145. The largest absolute Gasteiger partial charge is 0.478 e. The Labute approximate surface area is 90.3 Å². The van der Waals surface area contributed by atoms with E-state index in [4.69, 9.17) is 28.3 Å². The van der Waals surface area contributed by atoms with E-state index in [2.05, 4.69) is 0 Å². The summed E-state index contributed by atoms with van der Waals surface area (Å²) < 4.78 is 13.5. The molecule has 2 nitrogen and oxygen atoms in total. The number of alkyl halides is 2. The molecule has 0 amide bonds. The van der Waals surface area contributed by atoms with Crippen molar-refractivity contribution in [2.45, 2.75) is 12.1 Å². The summed E-state index contributed by atoms with van der Waals surface area (Å²) in [6.45, 7) is 1.51. The van der Waals surface area contributed by atoms with Crippen molar-refractivity contribution < 1.29 is 14.3 Å². The average Bonchev–Trinajstić information content (AvgIpc) is 2.09. The molecule has 0 bridgehead atoms. The molecule has 1 unspecified atom stereocenters. The lowest BCUT2D eigenvalue weighted by Gasteiger charge is -2.15. The fourth-order valence-corrected chi connectivity index (χ4v) is 1.44. The van der Waals surface area contributed by atoms with E-state index in [1.807, 2.05) is 0 Å². The van der Waals surface area contributed by atoms with Crippen LogP contribution in [-0.2, 0) is 9.92 Å². The second-order valence-electron chi connectivity index (χ2n) is 2.79. The van der Waals surface area contributed by atoms with E-state index in [1.54, 1.807) is 0 Å². The summed E-state index contributed by atoms with van der Waals surface area (Å²) in [6.07, 6.45) is 0. The number of carboxylic acid groups (broad SMARTS) is 1. The summed E-state index contributed by atoms with van der Waals surface area (Å²) in [5.41, 5.74) is 0.188. The lowest BCUT2D eigenvalue weighted by atomic mass is 10.0. The van der Waals surface area contributed by atoms with Crippen LogP contribution in [0.3, 0.4) is 0 Å². The van der Waals surface area contributed by atoms with Crippen LogP contribution in [-0.4, -0.2) is 11.1 Å². The fraction of sp³-hybridized carbons (Fsp3) is 0.222. The highest BCUT2D eigenvalue weighted by Crippen LogP contribution is 2.35. The van der Waals surface area contributed by atoms with E-state index >= 15 is 0 Å². The van der Waals surface area contributed by atoms with Gasteiger partial charge in [0.1, 0.15) is 0 Å². The van der Waals surface area contributed by atoms with Crippen LogP contribution in [0.2, 0.25) is 5.02 Å². The van der Waals surface area contributed by atoms with E-state index < -0.39 is 11.1 Å². The third-order valence-corrected chi connectivity index (χ3v) is 2.65. The molecule has 1 aromatic carbocycles. The molecule has 0 radical (unpaired) electrons. The van der Waals surface area contributed by atoms with Gasteiger partial charge in [0.2, 0.25) is 0 Å². The van der Waals surface area contributed by atoms with Crippen molar-refractivity contribution in [3.8, 4) is 0 Å². The third kappa shape index (κ3) is 1.83. The number of aliphatic carboxylic acids is 1. The van der Waals surface area contributed by atoms with Crippen molar-refractivity contribution in [3.05, 3.63) is 34.3 Å². The van der Waals surface area contributed by atoms with Gasteiger partial charge in [0.15, 0.2) is 0 Å². The first-order valence-electron chi connectivity index (χ1n) is 3.74. The number of hydrogen-bond acceptors (Lipinski definition) is 1. The third-order valence-electron chi connectivity index (χ3n) is 1.87. The number of benzene rings is 1. The van der Waals surface area contributed by atoms with Gasteiger partial charge in [-0.3, -0.25) is 0 Å². The Hall–Kier alpha value is -0.800. The Morgan fingerprint density at radius 2 is 2.14 bits per heavy atom. The molecule has 0 aliphatic carbocycles. The highest BCUT2D eigenvalue weighted by atomic mass is 35.5. The highest BCUT2D eigenvalue weighted by molar-refractivity contribution is 6.34. The number of halogens is 3. The summed E-state index contributed by atoms with van der Waals surface area (Å²) in [7, 11) is 0. The Morgan fingerprint density at radius 3 is 2.64 bits per heavy atom. The minimum atomic E-state index is -2.92. The van der Waals surface area contributed by atoms with Gasteiger partial charge in [0.05, 0.1) is 0 Å². The molecule has 1 aromatic rings. The predicted octanol–water partition coefficient (Wildman–Crippen LogP) is 3.09. The summed E-state index contributed by atoms with van der Waals surface area (Å²) in [4.78, 5) is 10.5. The second-order valence-corrected chi connectivity index (χ2v) is 3.72. The van der Waals surface area contributed by atoms with Crippen LogP contribution in [0.25, 0.3) is 0 Å². The van der Waals surface area contributed by atoms with Crippen molar-refractivity contribution in [3.63, 3.8) is 0 Å². The molecule has 1 N–H and O–H groups in total. The molecule has 0 aromatic heterocycles. The van der Waals surface area contributed by atoms with E-state index in [1.165, 1.54) is 25.1 Å². The maximum Gasteiger partial charge on any atom is 0.362 e. The van der Waals surface area contributed by atoms with Gasteiger partial charge < -0.3 is 5.11 Å². The van der Waals surface area contributed by atoms with Crippen molar-refractivity contribution in [1.82, 2.24) is 0 Å². The first kappa shape index (κ1) is 11.3. The average molecular weight is 237 g/mol. The van der Waals surface area contributed by atoms with Crippen LogP contribution < -0.4 is 0 Å². The van der Waals surface area contributed by atoms with Gasteiger partial charge in [0, 0.05) is 10.6 Å². The summed E-state index contributed by atoms with van der Waals surface area (Å²) in [6, 6.07) is 4.28. The summed E-state index contributed by atoms with van der Waals surface area (Å²) in [5, 5.41) is 5.92. The zero-order valence-electron chi connectivity index (χ0n) is 7.22. The molecule has 1 atom stereocenters. The first-order chi connectivity index (χ1) is 6.37. The Kier molecular flexibility index (Phi) is 3.02. The Bertz CT molecular complexity index is 377. The van der Waals surface area contributed by atoms with Crippen molar-refractivity contribution >= 4 is 29.2 Å². The topological polar surface area (TPSA) is 37.3 Å². The molecule has 1 rings (SSSR count). The van der Waals surface area contributed by atoms with E-state index in [-0.39, 0.29) is 10.6 Å². The van der Waals surface area contributed by atoms with Gasteiger partial charge in [0.25, 0.3) is 0 Å². The van der Waals surface area contributed by atoms with Crippen molar-refractivity contribution in [1.29, 1.82) is 0 Å². The zero-order chi connectivity index (χ0) is 10.9. The minimum absolute atomic E-state index is 0.140. The van der Waals surface area contributed by atoms with Gasteiger partial charge >= 0.3 is 11.1 Å². The van der Waals surface area contributed by atoms with Crippen LogP contribution in [0.4, 0.5) is 4.39 Å². The first-order valence-corrected chi connectivity index (χ1v) is 4.49. The Morgan fingerprint density at radius 1 is 1.57 bits per heavy atom. The number of hydrogen-bond donors (Lipinski definition) is 1. The van der Waals surface area contributed by atoms with E-state index in [0.29, 0.717) is 5.56 Å². The van der Waals surface area contributed by atoms with E-state index in [0.717, 1.165) is 0 Å². The van der Waals surface area contributed by atoms with Gasteiger partial charge in [-0.15, -0.1) is 0 Å². The van der Waals surface area contributed by atoms with E-state index in [9.17, 15) is 9.18 Å². The van der Waals surface area contributed by atoms with Gasteiger partial charge in [-0.2, -0.15) is 0 Å². The molecule has 14 heavy (non-hydrogen) atoms. The highest BCUT2D eigenvalue weighted by Gasteiger charge is 2.39. The molecule has 0 saturated heterocycles. The molecule has 76 valence electrons. The van der Waals surface area contributed by atoms with Crippen molar-refractivity contribution in [2.75, 3.05) is 0 Å². The smallest absolute Gasteiger partial charge is 0.362 e. The van der Waals surface area contributed by atoms with Gasteiger partial charge in [-0.05, 0) is 18.6 Å². The molecule has 0 heterocycles. The van der Waals surface area contributed by atoms with Gasteiger partial charge in [-0.25, -0.2) is 9.18 Å². The molecule has 0 fully saturated rings. The monoisotopic (exact) mass is 236 g/mol. The Balaban J connectivity index is 3.33. The minimum Gasteiger partial charge on any atom is -0.478 e. The maximum atomic E-state index is 13.5. The fourth-order valence-electron chi connectivity index (χ4n) is 1.06. The molecule has 0 aliphatic rings. The van der Waals surface area contributed by atoms with Crippen LogP contribution in [0.1, 0.15) is 11.1 Å². The SMILES string of the molecule is Cc1c(Cl)cccc1C(F)(Cl)C(=O)O. The summed E-state index contributed by atoms with van der Waals surface area (Å²) in [5.74, 6) is -1.75. The number of rotatable bonds is 2. The maximum absolute atomic E-state index is 13.5. The molecular weight excluding hydrogens is 230 g/mol. The van der Waals surface area contributed by atoms with Crippen LogP contribution in [0, 0.1) is 6.92 Å². The van der Waals surface area contributed by atoms with Crippen LogP contribution >= 0.6 is 23.2 Å². The number of carbonyl (C=O) groups is 1. The molecule has 0 saturated carbocycles. The molecule has 5 heteroatoms. The summed E-state index contributed by atoms with van der Waals surface area (Å²) >= 11 is 11.0. The van der Waals surface area contributed by atoms with Gasteiger partial charge in [-0.1, -0.05) is 35.3 Å². The molecule has 0 spiro atoms. The van der Waals surface area contributed by atoms with Crippen LogP contribution in [0.15, 0.2) is 18.2 Å². The zero-order valence-corrected chi connectivity index (χ0v) is 8.73. The molecule has 0 aliphatic heterocycles. The normalized spacial score (nSPS) is 14.9. The quantitative estimate of drug-likeness (QED) is 0.802. The number of carboxylic acids is 1. The molecular formula is C9H7Cl2FO2. The standard InChI is InChI=1S/C9H7Cl2FO2/c1-5-6(3-2-4-7(5)10)9(11,12)8(13)14/h2-4H,1H3,(H,13,14). The van der Waals surface area contributed by atoms with Crippen molar-refractivity contribution in [2.24, 2.45) is 0 Å².